The number of ether oxygens (including phenoxy) is 1. The third kappa shape index (κ3) is 4.85. The summed E-state index contributed by atoms with van der Waals surface area (Å²) in [5, 5.41) is 5.36. The molecule has 0 bridgehead atoms. The summed E-state index contributed by atoms with van der Waals surface area (Å²) in [6, 6.07) is 10.2. The molecule has 1 amide bonds. The average molecular weight is 524 g/mol. The molecule has 1 aromatic carbocycles. The van der Waals surface area contributed by atoms with Crippen molar-refractivity contribution in [3.63, 3.8) is 0 Å². The highest BCUT2D eigenvalue weighted by Crippen LogP contribution is 2.42. The molecule has 9 heteroatoms. The van der Waals surface area contributed by atoms with Crippen molar-refractivity contribution in [1.29, 1.82) is 0 Å². The van der Waals surface area contributed by atoms with Gasteiger partial charge in [0.05, 0.1) is 23.3 Å². The second-order valence-electron chi connectivity index (χ2n) is 8.23. The number of nitrogens with zero attached hydrogens (tertiary/aromatic N) is 2. The lowest BCUT2D eigenvalue weighted by atomic mass is 9.95. The number of aryl methyl sites for hydroxylation is 2. The van der Waals surface area contributed by atoms with Crippen molar-refractivity contribution in [3.05, 3.63) is 57.5 Å². The number of carbonyl (C=O) groups excluding carboxylic acids is 2. The molecule has 3 heterocycles. The summed E-state index contributed by atoms with van der Waals surface area (Å²) in [6.07, 6.45) is 5.50. The van der Waals surface area contributed by atoms with Crippen LogP contribution in [0.2, 0.25) is 0 Å². The fourth-order valence-corrected chi connectivity index (χ4v) is 7.62. The minimum Gasteiger partial charge on any atom is -0.462 e. The van der Waals surface area contributed by atoms with Gasteiger partial charge in [0.2, 0.25) is 5.91 Å². The van der Waals surface area contributed by atoms with E-state index < -0.39 is 0 Å². The number of esters is 1. The van der Waals surface area contributed by atoms with E-state index in [-0.39, 0.29) is 17.6 Å². The second kappa shape index (κ2) is 10.5. The first-order chi connectivity index (χ1) is 17.1. The molecule has 1 aliphatic rings. The zero-order valence-corrected chi connectivity index (χ0v) is 22.0. The maximum atomic E-state index is 13.0. The van der Waals surface area contributed by atoms with Crippen LogP contribution in [0.25, 0.3) is 21.3 Å². The maximum Gasteiger partial charge on any atom is 0.341 e. The van der Waals surface area contributed by atoms with E-state index in [4.69, 9.17) is 4.74 Å². The first-order valence-electron chi connectivity index (χ1n) is 11.6. The molecule has 0 spiro atoms. The van der Waals surface area contributed by atoms with Gasteiger partial charge in [-0.1, -0.05) is 42.1 Å². The van der Waals surface area contributed by atoms with Gasteiger partial charge in [0.15, 0.2) is 0 Å². The first kappa shape index (κ1) is 24.0. The highest BCUT2D eigenvalue weighted by atomic mass is 32.2. The molecule has 0 saturated carbocycles. The Hall–Kier alpha value is -2.75. The topological polar surface area (TPSA) is 81.2 Å². The van der Waals surface area contributed by atoms with Gasteiger partial charge in [0.1, 0.15) is 21.2 Å². The largest absolute Gasteiger partial charge is 0.462 e. The number of anilines is 1. The number of hydrogen-bond acceptors (Lipinski definition) is 8. The zero-order chi connectivity index (χ0) is 24.4. The smallest absolute Gasteiger partial charge is 0.341 e. The van der Waals surface area contributed by atoms with Crippen molar-refractivity contribution in [2.45, 2.75) is 44.6 Å². The maximum absolute atomic E-state index is 13.0. The average Bonchev–Trinajstić information content (AvgIpc) is 3.40. The summed E-state index contributed by atoms with van der Waals surface area (Å²) in [4.78, 5) is 38.0. The number of carbonyl (C=O) groups is 2. The SMILES string of the molecule is CCOC(=O)c1c(NC(=O)CSc2ncnc3sc(C)c(-c4ccccc4)c23)sc2c1CCCC2. The highest BCUT2D eigenvalue weighted by Gasteiger charge is 2.27. The number of amides is 1. The van der Waals surface area contributed by atoms with E-state index in [1.54, 1.807) is 24.6 Å². The lowest BCUT2D eigenvalue weighted by Crippen LogP contribution is -2.17. The fourth-order valence-electron chi connectivity index (χ4n) is 4.45. The molecule has 1 aliphatic carbocycles. The number of benzene rings is 1. The third-order valence-corrected chi connectivity index (χ3v) is 9.15. The number of hydrogen-bond donors (Lipinski definition) is 1. The Morgan fingerprint density at radius 1 is 1.11 bits per heavy atom. The van der Waals surface area contributed by atoms with E-state index in [2.05, 4.69) is 34.3 Å². The minimum absolute atomic E-state index is 0.167. The van der Waals surface area contributed by atoms with Crippen LogP contribution < -0.4 is 5.32 Å². The Kier molecular flexibility index (Phi) is 7.17. The predicted octanol–water partition coefficient (Wildman–Crippen LogP) is 6.51. The van der Waals surface area contributed by atoms with Crippen molar-refractivity contribution in [2.75, 3.05) is 17.7 Å². The normalized spacial score (nSPS) is 13.0. The van der Waals surface area contributed by atoms with Gasteiger partial charge in [0, 0.05) is 15.3 Å². The van der Waals surface area contributed by atoms with Crippen LogP contribution in [0.1, 0.15) is 45.4 Å². The van der Waals surface area contributed by atoms with Crippen LogP contribution in [-0.4, -0.2) is 34.2 Å². The molecule has 0 atom stereocenters. The molecule has 1 N–H and O–H groups in total. The van der Waals surface area contributed by atoms with Gasteiger partial charge in [-0.05, 0) is 50.7 Å². The van der Waals surface area contributed by atoms with Gasteiger partial charge in [0.25, 0.3) is 0 Å². The van der Waals surface area contributed by atoms with Crippen LogP contribution in [0.15, 0.2) is 41.7 Å². The Balaban J connectivity index is 1.39. The Morgan fingerprint density at radius 3 is 2.71 bits per heavy atom. The lowest BCUT2D eigenvalue weighted by Gasteiger charge is -2.12. The molecule has 3 aromatic heterocycles. The summed E-state index contributed by atoms with van der Waals surface area (Å²) in [5.41, 5.74) is 3.81. The van der Waals surface area contributed by atoms with E-state index in [0.29, 0.717) is 17.2 Å². The van der Waals surface area contributed by atoms with Crippen LogP contribution in [0.3, 0.4) is 0 Å². The molecule has 4 aromatic rings. The van der Waals surface area contributed by atoms with Gasteiger partial charge < -0.3 is 10.1 Å². The van der Waals surface area contributed by atoms with Crippen molar-refractivity contribution >= 4 is 61.5 Å². The third-order valence-electron chi connectivity index (χ3n) is 5.94. The number of fused-ring (bicyclic) bond motifs is 2. The number of thiophene rings is 2. The number of rotatable bonds is 7. The Morgan fingerprint density at radius 2 is 1.91 bits per heavy atom. The second-order valence-corrected chi connectivity index (χ2v) is 11.5. The summed E-state index contributed by atoms with van der Waals surface area (Å²) in [6.45, 7) is 4.19. The summed E-state index contributed by atoms with van der Waals surface area (Å²) < 4.78 is 5.31. The van der Waals surface area contributed by atoms with Crippen molar-refractivity contribution in [3.8, 4) is 11.1 Å². The molecule has 0 unspecified atom stereocenters. The van der Waals surface area contributed by atoms with Gasteiger partial charge in [-0.15, -0.1) is 22.7 Å². The number of aromatic nitrogens is 2. The molecule has 0 fully saturated rings. The van der Waals surface area contributed by atoms with Crippen molar-refractivity contribution < 1.29 is 14.3 Å². The van der Waals surface area contributed by atoms with Gasteiger partial charge in [-0.25, -0.2) is 14.8 Å². The standard InChI is InChI=1S/C26H25N3O3S3/c1-3-32-26(31)21-17-11-7-8-12-18(17)35-25(21)29-19(30)13-33-23-22-20(16-9-5-4-6-10-16)15(2)34-24(22)28-14-27-23/h4-6,9-10,14H,3,7-8,11-13H2,1-2H3,(H,29,30). The van der Waals surface area contributed by atoms with Crippen molar-refractivity contribution in [2.24, 2.45) is 0 Å². The van der Waals surface area contributed by atoms with Crippen LogP contribution in [-0.2, 0) is 22.4 Å². The van der Waals surface area contributed by atoms with Gasteiger partial charge in [-0.3, -0.25) is 4.79 Å². The van der Waals surface area contributed by atoms with Crippen molar-refractivity contribution in [1.82, 2.24) is 9.97 Å². The summed E-state index contributed by atoms with van der Waals surface area (Å²) in [5.74, 6) is -0.340. The molecular formula is C26H25N3O3S3. The van der Waals surface area contributed by atoms with Gasteiger partial charge >= 0.3 is 5.97 Å². The summed E-state index contributed by atoms with van der Waals surface area (Å²) in [7, 11) is 0. The molecule has 0 radical (unpaired) electrons. The molecule has 0 saturated heterocycles. The molecule has 6 nitrogen and oxygen atoms in total. The highest BCUT2D eigenvalue weighted by molar-refractivity contribution is 8.00. The summed E-state index contributed by atoms with van der Waals surface area (Å²) >= 11 is 4.53. The Labute approximate surface area is 216 Å². The number of thioether (sulfide) groups is 1. The zero-order valence-electron chi connectivity index (χ0n) is 19.6. The van der Waals surface area contributed by atoms with Gasteiger partial charge in [-0.2, -0.15) is 0 Å². The molecule has 5 rings (SSSR count). The minimum atomic E-state index is -0.353. The van der Waals surface area contributed by atoms with Crippen LogP contribution in [0, 0.1) is 6.92 Å². The molecular weight excluding hydrogens is 499 g/mol. The fraction of sp³-hybridized carbons (Fsp3) is 0.308. The number of nitrogens with one attached hydrogen (secondary N) is 1. The lowest BCUT2D eigenvalue weighted by molar-refractivity contribution is -0.113. The molecule has 180 valence electrons. The quantitative estimate of drug-likeness (QED) is 0.169. The molecule has 35 heavy (non-hydrogen) atoms. The first-order valence-corrected chi connectivity index (χ1v) is 14.2. The Bertz CT molecular complexity index is 1400. The van der Waals surface area contributed by atoms with E-state index in [1.165, 1.54) is 32.9 Å². The van der Waals surface area contributed by atoms with Crippen LogP contribution in [0.5, 0.6) is 0 Å². The van der Waals surface area contributed by atoms with E-state index >= 15 is 0 Å². The van der Waals surface area contributed by atoms with E-state index in [9.17, 15) is 9.59 Å². The predicted molar refractivity (Wildman–Crippen MR) is 144 cm³/mol. The monoisotopic (exact) mass is 523 g/mol. The molecule has 0 aliphatic heterocycles. The van der Waals surface area contributed by atoms with Crippen LogP contribution in [0.4, 0.5) is 5.00 Å². The van der Waals surface area contributed by atoms with E-state index in [1.807, 2.05) is 18.2 Å². The van der Waals surface area contributed by atoms with E-state index in [0.717, 1.165) is 57.6 Å². The van der Waals surface area contributed by atoms with Crippen LogP contribution >= 0.6 is 34.4 Å².